The maximum Gasteiger partial charge on any atom is 0.185 e. The first kappa shape index (κ1) is 13.3. The second kappa shape index (κ2) is 5.69. The molecular weight excluding hydrogens is 268 g/mol. The van der Waals surface area contributed by atoms with Crippen LogP contribution in [0.15, 0.2) is 29.6 Å². The van der Waals surface area contributed by atoms with E-state index >= 15 is 0 Å². The van der Waals surface area contributed by atoms with Gasteiger partial charge >= 0.3 is 0 Å². The van der Waals surface area contributed by atoms with Crippen molar-refractivity contribution in [2.75, 3.05) is 18.6 Å². The summed E-state index contributed by atoms with van der Waals surface area (Å²) in [4.78, 5) is 6.52. The number of halogens is 1. The number of benzene rings is 1. The molecule has 0 aliphatic carbocycles. The number of hydrogen-bond acceptors (Lipinski definition) is 4. The molecule has 2 aromatic rings. The Morgan fingerprint density at radius 1 is 1.44 bits per heavy atom. The molecule has 5 heteroatoms. The lowest BCUT2D eigenvalue weighted by molar-refractivity contribution is 0.270. The van der Waals surface area contributed by atoms with Crippen molar-refractivity contribution in [2.24, 2.45) is 0 Å². The Kier molecular flexibility index (Phi) is 4.22. The van der Waals surface area contributed by atoms with Crippen LogP contribution in [0.1, 0.15) is 6.92 Å². The summed E-state index contributed by atoms with van der Waals surface area (Å²) in [5.74, 6) is 0. The third kappa shape index (κ3) is 2.66. The van der Waals surface area contributed by atoms with Gasteiger partial charge in [-0.15, -0.1) is 11.3 Å². The van der Waals surface area contributed by atoms with E-state index in [1.54, 1.807) is 11.3 Å². The van der Waals surface area contributed by atoms with E-state index < -0.39 is 0 Å². The van der Waals surface area contributed by atoms with E-state index in [0.29, 0.717) is 5.02 Å². The van der Waals surface area contributed by atoms with Crippen molar-refractivity contribution in [1.82, 2.24) is 4.98 Å². The van der Waals surface area contributed by atoms with Crippen LogP contribution in [0.5, 0.6) is 0 Å². The molecular formula is C13H15ClN2OS. The quantitative estimate of drug-likeness (QED) is 0.935. The van der Waals surface area contributed by atoms with Crippen molar-refractivity contribution >= 4 is 28.1 Å². The van der Waals surface area contributed by atoms with E-state index in [-0.39, 0.29) is 12.6 Å². The lowest BCUT2D eigenvalue weighted by Crippen LogP contribution is -2.31. The molecule has 0 saturated carbocycles. The molecule has 96 valence electrons. The fraction of sp³-hybridized carbons (Fsp3) is 0.308. The Balaban J connectivity index is 2.29. The normalized spacial score (nSPS) is 12.4. The standard InChI is InChI=1S/C13H15ClN2OS/c1-9(7-17)16(2)13-15-12(8-18-13)10-5-3-4-6-11(10)14/h3-6,8-9,17H,7H2,1-2H3. The third-order valence-corrected chi connectivity index (χ3v) is 4.13. The Morgan fingerprint density at radius 2 is 2.17 bits per heavy atom. The summed E-state index contributed by atoms with van der Waals surface area (Å²) < 4.78 is 0. The van der Waals surface area contributed by atoms with Crippen molar-refractivity contribution in [2.45, 2.75) is 13.0 Å². The molecule has 1 aromatic carbocycles. The fourth-order valence-corrected chi connectivity index (χ4v) is 2.66. The topological polar surface area (TPSA) is 36.4 Å². The Labute approximate surface area is 116 Å². The van der Waals surface area contributed by atoms with Crippen LogP contribution in [-0.2, 0) is 0 Å². The molecule has 0 spiro atoms. The average molecular weight is 283 g/mol. The molecule has 1 unspecified atom stereocenters. The summed E-state index contributed by atoms with van der Waals surface area (Å²) in [7, 11) is 1.93. The number of likely N-dealkylation sites (N-methyl/N-ethyl adjacent to an activating group) is 1. The zero-order valence-corrected chi connectivity index (χ0v) is 11.9. The maximum absolute atomic E-state index is 9.15. The first-order valence-electron chi connectivity index (χ1n) is 5.67. The first-order chi connectivity index (χ1) is 8.63. The van der Waals surface area contributed by atoms with Crippen molar-refractivity contribution in [3.05, 3.63) is 34.7 Å². The minimum atomic E-state index is 0.0512. The van der Waals surface area contributed by atoms with Gasteiger partial charge in [0.05, 0.1) is 18.3 Å². The van der Waals surface area contributed by atoms with Crippen LogP contribution in [0, 0.1) is 0 Å². The summed E-state index contributed by atoms with van der Waals surface area (Å²) in [6.45, 7) is 2.06. The zero-order chi connectivity index (χ0) is 13.1. The molecule has 0 bridgehead atoms. The Bertz CT molecular complexity index is 529. The first-order valence-corrected chi connectivity index (χ1v) is 6.93. The number of aliphatic hydroxyl groups excluding tert-OH is 1. The summed E-state index contributed by atoms with van der Waals surface area (Å²) >= 11 is 7.70. The highest BCUT2D eigenvalue weighted by Gasteiger charge is 2.14. The van der Waals surface area contributed by atoms with E-state index in [9.17, 15) is 0 Å². The molecule has 1 heterocycles. The minimum Gasteiger partial charge on any atom is -0.394 e. The van der Waals surface area contributed by atoms with Crippen molar-refractivity contribution < 1.29 is 5.11 Å². The molecule has 0 aliphatic rings. The highest BCUT2D eigenvalue weighted by Crippen LogP contribution is 2.31. The van der Waals surface area contributed by atoms with Gasteiger partial charge in [-0.05, 0) is 13.0 Å². The molecule has 0 aliphatic heterocycles. The van der Waals surface area contributed by atoms with Gasteiger partial charge in [0.25, 0.3) is 0 Å². The van der Waals surface area contributed by atoms with Gasteiger partial charge in [0.1, 0.15) is 0 Å². The van der Waals surface area contributed by atoms with E-state index in [1.807, 2.05) is 48.5 Å². The van der Waals surface area contributed by atoms with Crippen LogP contribution in [-0.4, -0.2) is 29.8 Å². The van der Waals surface area contributed by atoms with Gasteiger partial charge in [-0.25, -0.2) is 4.98 Å². The summed E-state index contributed by atoms with van der Waals surface area (Å²) in [5.41, 5.74) is 1.81. The molecule has 3 nitrogen and oxygen atoms in total. The predicted molar refractivity (Wildman–Crippen MR) is 77.5 cm³/mol. The van der Waals surface area contributed by atoms with E-state index in [4.69, 9.17) is 16.7 Å². The number of aliphatic hydroxyl groups is 1. The number of hydrogen-bond donors (Lipinski definition) is 1. The summed E-state index contributed by atoms with van der Waals surface area (Å²) in [5, 5.41) is 12.7. The van der Waals surface area contributed by atoms with Crippen LogP contribution in [0.2, 0.25) is 5.02 Å². The van der Waals surface area contributed by atoms with E-state index in [0.717, 1.165) is 16.4 Å². The smallest absolute Gasteiger partial charge is 0.185 e. The maximum atomic E-state index is 9.15. The summed E-state index contributed by atoms with van der Waals surface area (Å²) in [6, 6.07) is 7.71. The second-order valence-corrected chi connectivity index (χ2v) is 5.38. The van der Waals surface area contributed by atoms with Gasteiger partial charge in [-0.3, -0.25) is 0 Å². The molecule has 1 N–H and O–H groups in total. The number of thiazole rings is 1. The van der Waals surface area contributed by atoms with Gasteiger partial charge in [0.2, 0.25) is 0 Å². The lowest BCUT2D eigenvalue weighted by atomic mass is 10.2. The van der Waals surface area contributed by atoms with Crippen molar-refractivity contribution in [1.29, 1.82) is 0 Å². The van der Waals surface area contributed by atoms with Gasteiger partial charge in [-0.2, -0.15) is 0 Å². The predicted octanol–water partition coefficient (Wildman–Crippen LogP) is 3.28. The molecule has 0 saturated heterocycles. The number of anilines is 1. The van der Waals surface area contributed by atoms with Gasteiger partial charge in [0, 0.05) is 23.0 Å². The number of aromatic nitrogens is 1. The zero-order valence-electron chi connectivity index (χ0n) is 10.3. The van der Waals surface area contributed by atoms with Gasteiger partial charge in [-0.1, -0.05) is 29.8 Å². The number of nitrogens with zero attached hydrogens (tertiary/aromatic N) is 2. The SMILES string of the molecule is CC(CO)N(C)c1nc(-c2ccccc2Cl)cs1. The lowest BCUT2D eigenvalue weighted by Gasteiger charge is -2.21. The van der Waals surface area contributed by atoms with Crippen LogP contribution in [0.25, 0.3) is 11.3 Å². The van der Waals surface area contributed by atoms with Crippen LogP contribution >= 0.6 is 22.9 Å². The Morgan fingerprint density at radius 3 is 2.83 bits per heavy atom. The van der Waals surface area contributed by atoms with Crippen LogP contribution < -0.4 is 4.90 Å². The van der Waals surface area contributed by atoms with E-state index in [1.165, 1.54) is 0 Å². The highest BCUT2D eigenvalue weighted by atomic mass is 35.5. The van der Waals surface area contributed by atoms with Crippen molar-refractivity contribution in [3.63, 3.8) is 0 Å². The molecule has 1 aromatic heterocycles. The highest BCUT2D eigenvalue weighted by molar-refractivity contribution is 7.14. The Hall–Kier alpha value is -1.10. The monoisotopic (exact) mass is 282 g/mol. The second-order valence-electron chi connectivity index (χ2n) is 4.14. The third-order valence-electron chi connectivity index (χ3n) is 2.87. The molecule has 1 atom stereocenters. The average Bonchev–Trinajstić information content (AvgIpc) is 2.87. The largest absolute Gasteiger partial charge is 0.394 e. The molecule has 18 heavy (non-hydrogen) atoms. The molecule has 0 radical (unpaired) electrons. The van der Waals surface area contributed by atoms with Crippen LogP contribution in [0.4, 0.5) is 5.13 Å². The summed E-state index contributed by atoms with van der Waals surface area (Å²) in [6.07, 6.45) is 0. The fourth-order valence-electron chi connectivity index (χ4n) is 1.53. The number of rotatable bonds is 4. The van der Waals surface area contributed by atoms with Gasteiger partial charge in [0.15, 0.2) is 5.13 Å². The molecule has 2 rings (SSSR count). The van der Waals surface area contributed by atoms with Crippen molar-refractivity contribution in [3.8, 4) is 11.3 Å². The molecule has 0 fully saturated rings. The molecule has 0 amide bonds. The van der Waals surface area contributed by atoms with Crippen LogP contribution in [0.3, 0.4) is 0 Å². The van der Waals surface area contributed by atoms with E-state index in [2.05, 4.69) is 4.98 Å². The van der Waals surface area contributed by atoms with Gasteiger partial charge < -0.3 is 10.0 Å². The minimum absolute atomic E-state index is 0.0512.